The third kappa shape index (κ3) is 3.41. The van der Waals surface area contributed by atoms with E-state index in [1.54, 1.807) is 0 Å². The van der Waals surface area contributed by atoms with Gasteiger partial charge in [0.15, 0.2) is 0 Å². The highest BCUT2D eigenvalue weighted by Gasteiger charge is 2.33. The van der Waals surface area contributed by atoms with Crippen LogP contribution in [0, 0.1) is 11.3 Å². The molecule has 0 radical (unpaired) electrons. The summed E-state index contributed by atoms with van der Waals surface area (Å²) in [6.07, 6.45) is 1.10. The third-order valence-corrected chi connectivity index (χ3v) is 5.39. The molecule has 2 heterocycles. The summed E-state index contributed by atoms with van der Waals surface area (Å²) in [4.78, 5) is 9.45. The molecule has 2 aliphatic rings. The van der Waals surface area contributed by atoms with Crippen molar-refractivity contribution in [2.45, 2.75) is 13.0 Å². The first kappa shape index (κ1) is 19.2. The van der Waals surface area contributed by atoms with E-state index in [0.717, 1.165) is 43.1 Å². The average Bonchev–Trinajstić information content (AvgIpc) is 3.08. The molecule has 0 atom stereocenters. The fraction of sp³-hybridized carbons (Fsp3) is 0.167. The number of guanidine groups is 1. The topological polar surface area (TPSA) is 42.6 Å². The van der Waals surface area contributed by atoms with E-state index in [2.05, 4.69) is 64.4 Å². The van der Waals surface area contributed by atoms with Gasteiger partial charge in [0.1, 0.15) is 0 Å². The Kier molecular flexibility index (Phi) is 5.37. The molecule has 0 aliphatic carbocycles. The highest BCUT2D eigenvalue weighted by molar-refractivity contribution is 8.93. The van der Waals surface area contributed by atoms with Crippen LogP contribution in [-0.4, -0.2) is 19.0 Å². The van der Waals surface area contributed by atoms with E-state index >= 15 is 0 Å². The second kappa shape index (κ2) is 8.10. The van der Waals surface area contributed by atoms with Gasteiger partial charge in [-0.3, -0.25) is 4.99 Å². The molecule has 0 saturated carbocycles. The predicted octanol–water partition coefficient (Wildman–Crippen LogP) is 5.39. The lowest BCUT2D eigenvalue weighted by molar-refractivity contribution is 0.784. The van der Waals surface area contributed by atoms with Crippen LogP contribution in [0.5, 0.6) is 0 Å². The van der Waals surface area contributed by atoms with Gasteiger partial charge in [-0.1, -0.05) is 54.6 Å². The lowest BCUT2D eigenvalue weighted by Gasteiger charge is -2.27. The molecule has 0 aromatic heterocycles. The van der Waals surface area contributed by atoms with Crippen LogP contribution in [0.15, 0.2) is 77.8 Å². The van der Waals surface area contributed by atoms with E-state index in [-0.39, 0.29) is 17.0 Å². The van der Waals surface area contributed by atoms with Crippen LogP contribution in [0.25, 0.3) is 11.1 Å². The minimum atomic E-state index is 0. The summed E-state index contributed by atoms with van der Waals surface area (Å²) >= 11 is 0. The molecule has 5 heteroatoms. The number of hydrogen-bond donors (Lipinski definition) is 0. The van der Waals surface area contributed by atoms with E-state index in [4.69, 9.17) is 4.99 Å². The number of rotatable bonds is 3. The molecule has 0 saturated heterocycles. The quantitative estimate of drug-likeness (QED) is 0.543. The number of para-hydroxylation sites is 2. The van der Waals surface area contributed by atoms with Crippen molar-refractivity contribution in [1.82, 2.24) is 0 Å². The zero-order valence-corrected chi connectivity index (χ0v) is 17.7. The molecule has 3 aromatic carbocycles. The van der Waals surface area contributed by atoms with E-state index in [1.165, 1.54) is 16.9 Å². The Bertz CT molecular complexity index is 1100. The van der Waals surface area contributed by atoms with Crippen molar-refractivity contribution in [2.24, 2.45) is 4.99 Å². The molecular weight excluding hydrogens is 424 g/mol. The number of hydrogen-bond acceptors (Lipinski definition) is 4. The first-order valence-corrected chi connectivity index (χ1v) is 9.62. The van der Waals surface area contributed by atoms with Crippen LogP contribution in [0.3, 0.4) is 0 Å². The molecule has 144 valence electrons. The molecule has 3 aromatic rings. The third-order valence-electron chi connectivity index (χ3n) is 5.39. The molecule has 0 amide bonds. The zero-order chi connectivity index (χ0) is 18.9. The molecule has 0 unspecified atom stereocenters. The van der Waals surface area contributed by atoms with Crippen LogP contribution in [0.4, 0.5) is 11.4 Å². The van der Waals surface area contributed by atoms with Gasteiger partial charge < -0.3 is 9.80 Å². The van der Waals surface area contributed by atoms with Gasteiger partial charge in [0.2, 0.25) is 5.96 Å². The molecule has 0 N–H and O–H groups in total. The normalized spacial score (nSPS) is 14.4. The molecule has 4 nitrogen and oxygen atoms in total. The van der Waals surface area contributed by atoms with Crippen molar-refractivity contribution >= 4 is 34.3 Å². The Morgan fingerprint density at radius 3 is 2.41 bits per heavy atom. The van der Waals surface area contributed by atoms with Gasteiger partial charge in [-0.2, -0.15) is 5.26 Å². The summed E-state index contributed by atoms with van der Waals surface area (Å²) in [5, 5.41) is 9.35. The van der Waals surface area contributed by atoms with Gasteiger partial charge in [-0.15, -0.1) is 17.0 Å². The van der Waals surface area contributed by atoms with E-state index < -0.39 is 0 Å². The highest BCUT2D eigenvalue weighted by Crippen LogP contribution is 2.39. The van der Waals surface area contributed by atoms with Crippen molar-refractivity contribution < 1.29 is 0 Å². The second-order valence-corrected chi connectivity index (χ2v) is 7.12. The molecule has 0 spiro atoms. The van der Waals surface area contributed by atoms with Gasteiger partial charge in [-0.05, 0) is 41.3 Å². The number of nitrogens with zero attached hydrogens (tertiary/aromatic N) is 4. The molecule has 2 aliphatic heterocycles. The lowest BCUT2D eigenvalue weighted by atomic mass is 9.99. The Hall–Kier alpha value is -3.10. The van der Waals surface area contributed by atoms with Crippen LogP contribution in [0.2, 0.25) is 0 Å². The van der Waals surface area contributed by atoms with Gasteiger partial charge >= 0.3 is 0 Å². The van der Waals surface area contributed by atoms with Crippen molar-refractivity contribution in [2.75, 3.05) is 22.9 Å². The summed E-state index contributed by atoms with van der Waals surface area (Å²) in [5.41, 5.74) is 6.45. The number of nitriles is 1. The zero-order valence-electron chi connectivity index (χ0n) is 16.0. The van der Waals surface area contributed by atoms with Crippen LogP contribution in [-0.2, 0) is 6.54 Å². The number of fused-ring (bicyclic) bond motifs is 3. The van der Waals surface area contributed by atoms with Gasteiger partial charge in [-0.25, -0.2) is 0 Å². The fourth-order valence-electron chi connectivity index (χ4n) is 4.04. The van der Waals surface area contributed by atoms with Crippen molar-refractivity contribution in [1.29, 1.82) is 5.26 Å². The first-order chi connectivity index (χ1) is 13.8. The molecule has 0 fully saturated rings. The summed E-state index contributed by atoms with van der Waals surface area (Å²) in [6.45, 7) is 2.70. The minimum Gasteiger partial charge on any atom is -0.310 e. The molecule has 0 bridgehead atoms. The average molecular weight is 445 g/mol. The van der Waals surface area contributed by atoms with Crippen molar-refractivity contribution in [3.8, 4) is 17.2 Å². The Morgan fingerprint density at radius 1 is 0.897 bits per heavy atom. The molecule has 5 rings (SSSR count). The van der Waals surface area contributed by atoms with Gasteiger partial charge in [0.25, 0.3) is 0 Å². The first-order valence-electron chi connectivity index (χ1n) is 9.62. The van der Waals surface area contributed by atoms with E-state index in [0.29, 0.717) is 5.56 Å². The standard InChI is InChI=1S/C24H20N4.BrH/c25-16-20-6-1-2-7-21(20)19-12-10-18(11-13-19)17-28-23-9-4-3-8-22(23)27-15-5-14-26-24(27)28;/h1-4,6-13H,5,14-15,17H2;1H. The Labute approximate surface area is 181 Å². The Balaban J connectivity index is 0.00000205. The maximum atomic E-state index is 9.35. The maximum Gasteiger partial charge on any atom is 0.206 e. The lowest BCUT2D eigenvalue weighted by Crippen LogP contribution is -2.41. The summed E-state index contributed by atoms with van der Waals surface area (Å²) in [7, 11) is 0. The number of halogens is 1. The number of aliphatic imine (C=N–C) groups is 1. The summed E-state index contributed by atoms with van der Waals surface area (Å²) in [6, 6.07) is 27.1. The number of anilines is 2. The smallest absolute Gasteiger partial charge is 0.206 e. The maximum absolute atomic E-state index is 9.35. The number of benzene rings is 3. The van der Waals surface area contributed by atoms with Crippen molar-refractivity contribution in [3.05, 3.63) is 83.9 Å². The monoisotopic (exact) mass is 444 g/mol. The van der Waals surface area contributed by atoms with E-state index in [1.807, 2.05) is 24.3 Å². The largest absolute Gasteiger partial charge is 0.310 e. The van der Waals surface area contributed by atoms with Crippen molar-refractivity contribution in [3.63, 3.8) is 0 Å². The van der Waals surface area contributed by atoms with Gasteiger partial charge in [0, 0.05) is 13.1 Å². The van der Waals surface area contributed by atoms with Crippen LogP contribution >= 0.6 is 17.0 Å². The highest BCUT2D eigenvalue weighted by atomic mass is 79.9. The Morgan fingerprint density at radius 2 is 1.62 bits per heavy atom. The molecular formula is C24H21BrN4. The van der Waals surface area contributed by atoms with Crippen LogP contribution < -0.4 is 9.80 Å². The second-order valence-electron chi connectivity index (χ2n) is 7.12. The summed E-state index contributed by atoms with van der Waals surface area (Å²) in [5.74, 6) is 1.06. The van der Waals surface area contributed by atoms with Gasteiger partial charge in [0.05, 0.1) is 29.6 Å². The van der Waals surface area contributed by atoms with Crippen LogP contribution in [0.1, 0.15) is 17.5 Å². The SMILES string of the molecule is Br.N#Cc1ccccc1-c1ccc(CN2C3=NCCCN3c3ccccc32)cc1. The predicted molar refractivity (Wildman–Crippen MR) is 124 cm³/mol. The minimum absolute atomic E-state index is 0. The van der Waals surface area contributed by atoms with E-state index in [9.17, 15) is 5.26 Å². The summed E-state index contributed by atoms with van der Waals surface area (Å²) < 4.78 is 0. The fourth-order valence-corrected chi connectivity index (χ4v) is 4.04. The molecule has 29 heavy (non-hydrogen) atoms.